The summed E-state index contributed by atoms with van der Waals surface area (Å²) in [6.07, 6.45) is 1.18. The van der Waals surface area contributed by atoms with Crippen molar-refractivity contribution in [3.8, 4) is 0 Å². The molecule has 1 aromatic heterocycles. The molecule has 1 rings (SSSR count). The van der Waals surface area contributed by atoms with E-state index >= 15 is 0 Å². The Bertz CT molecular complexity index is 238. The van der Waals surface area contributed by atoms with Crippen molar-refractivity contribution in [1.29, 1.82) is 0 Å². The minimum atomic E-state index is -0.324. The zero-order valence-corrected chi connectivity index (χ0v) is 7.59. The van der Waals surface area contributed by atoms with Crippen molar-refractivity contribution in [2.45, 2.75) is 6.92 Å². The van der Waals surface area contributed by atoms with Gasteiger partial charge in [0.15, 0.2) is 0 Å². The SMILES string of the molecule is CCOCCNc1ccc(F)cn1. The summed E-state index contributed by atoms with van der Waals surface area (Å²) in [6.45, 7) is 3.97. The molecule has 0 amide bonds. The summed E-state index contributed by atoms with van der Waals surface area (Å²) in [5, 5.41) is 3.00. The van der Waals surface area contributed by atoms with Crippen molar-refractivity contribution in [3.63, 3.8) is 0 Å². The zero-order chi connectivity index (χ0) is 9.52. The van der Waals surface area contributed by atoms with E-state index in [1.54, 1.807) is 6.07 Å². The summed E-state index contributed by atoms with van der Waals surface area (Å²) in [6, 6.07) is 2.97. The zero-order valence-electron chi connectivity index (χ0n) is 7.59. The Morgan fingerprint density at radius 2 is 2.38 bits per heavy atom. The second kappa shape index (κ2) is 5.48. The minimum absolute atomic E-state index is 0.324. The lowest BCUT2D eigenvalue weighted by Gasteiger charge is -2.04. The van der Waals surface area contributed by atoms with Gasteiger partial charge in [-0.15, -0.1) is 0 Å². The lowest BCUT2D eigenvalue weighted by atomic mass is 10.4. The first-order valence-corrected chi connectivity index (χ1v) is 4.26. The first-order chi connectivity index (χ1) is 6.33. The van der Waals surface area contributed by atoms with Gasteiger partial charge < -0.3 is 10.1 Å². The maximum atomic E-state index is 12.4. The third kappa shape index (κ3) is 3.85. The van der Waals surface area contributed by atoms with E-state index in [0.29, 0.717) is 25.6 Å². The van der Waals surface area contributed by atoms with E-state index in [1.807, 2.05) is 6.92 Å². The topological polar surface area (TPSA) is 34.1 Å². The molecule has 0 aromatic carbocycles. The fourth-order valence-electron chi connectivity index (χ4n) is 0.876. The Morgan fingerprint density at radius 3 is 3.00 bits per heavy atom. The van der Waals surface area contributed by atoms with E-state index in [1.165, 1.54) is 12.3 Å². The van der Waals surface area contributed by atoms with Crippen LogP contribution >= 0.6 is 0 Å². The molecule has 13 heavy (non-hydrogen) atoms. The molecule has 0 aliphatic carbocycles. The molecule has 3 nitrogen and oxygen atoms in total. The van der Waals surface area contributed by atoms with Crippen LogP contribution in [0.1, 0.15) is 6.92 Å². The van der Waals surface area contributed by atoms with Crippen LogP contribution in [0.2, 0.25) is 0 Å². The van der Waals surface area contributed by atoms with Crippen LogP contribution in [-0.4, -0.2) is 24.7 Å². The van der Waals surface area contributed by atoms with Crippen molar-refractivity contribution in [2.24, 2.45) is 0 Å². The highest BCUT2D eigenvalue weighted by Gasteiger charge is 1.93. The molecule has 0 spiro atoms. The molecule has 1 heterocycles. The van der Waals surface area contributed by atoms with Crippen LogP contribution in [0.4, 0.5) is 10.2 Å². The third-order valence-corrected chi connectivity index (χ3v) is 1.48. The van der Waals surface area contributed by atoms with Gasteiger partial charge in [-0.3, -0.25) is 0 Å². The summed E-state index contributed by atoms with van der Waals surface area (Å²) < 4.78 is 17.5. The van der Waals surface area contributed by atoms with E-state index in [0.717, 1.165) is 0 Å². The van der Waals surface area contributed by atoms with Crippen molar-refractivity contribution in [2.75, 3.05) is 25.1 Å². The van der Waals surface area contributed by atoms with Crippen LogP contribution < -0.4 is 5.32 Å². The highest BCUT2D eigenvalue weighted by atomic mass is 19.1. The van der Waals surface area contributed by atoms with Gasteiger partial charge in [-0.2, -0.15) is 0 Å². The molecule has 0 saturated heterocycles. The summed E-state index contributed by atoms with van der Waals surface area (Å²) in [5.41, 5.74) is 0. The van der Waals surface area contributed by atoms with Crippen molar-refractivity contribution < 1.29 is 9.13 Å². The Kier molecular flexibility index (Phi) is 4.18. The standard InChI is InChI=1S/C9H13FN2O/c1-2-13-6-5-11-9-4-3-8(10)7-12-9/h3-4,7H,2,5-6H2,1H3,(H,11,12). The monoisotopic (exact) mass is 184 g/mol. The Labute approximate surface area is 76.9 Å². The molecular formula is C9H13FN2O. The van der Waals surface area contributed by atoms with E-state index < -0.39 is 0 Å². The number of aromatic nitrogens is 1. The van der Waals surface area contributed by atoms with Crippen molar-refractivity contribution in [3.05, 3.63) is 24.1 Å². The highest BCUT2D eigenvalue weighted by molar-refractivity contribution is 5.33. The molecule has 4 heteroatoms. The number of anilines is 1. The van der Waals surface area contributed by atoms with Crippen LogP contribution in [0.5, 0.6) is 0 Å². The van der Waals surface area contributed by atoms with Gasteiger partial charge in [0.05, 0.1) is 12.8 Å². The van der Waals surface area contributed by atoms with E-state index in [9.17, 15) is 4.39 Å². The molecular weight excluding hydrogens is 171 g/mol. The third-order valence-electron chi connectivity index (χ3n) is 1.48. The smallest absolute Gasteiger partial charge is 0.141 e. The van der Waals surface area contributed by atoms with Crippen LogP contribution in [0, 0.1) is 5.82 Å². The number of halogens is 1. The molecule has 0 aliphatic heterocycles. The van der Waals surface area contributed by atoms with Crippen LogP contribution in [0.15, 0.2) is 18.3 Å². The molecule has 0 unspecified atom stereocenters. The molecule has 0 saturated carbocycles. The lowest BCUT2D eigenvalue weighted by Crippen LogP contribution is -2.09. The maximum Gasteiger partial charge on any atom is 0.141 e. The minimum Gasteiger partial charge on any atom is -0.380 e. The number of pyridine rings is 1. The van der Waals surface area contributed by atoms with E-state index in [-0.39, 0.29) is 5.82 Å². The predicted molar refractivity (Wildman–Crippen MR) is 49.2 cm³/mol. The fourth-order valence-corrected chi connectivity index (χ4v) is 0.876. The maximum absolute atomic E-state index is 12.4. The van der Waals surface area contributed by atoms with Gasteiger partial charge in [-0.1, -0.05) is 0 Å². The average Bonchev–Trinajstić information content (AvgIpc) is 2.15. The molecule has 0 aliphatic rings. The van der Waals surface area contributed by atoms with Crippen LogP contribution in [-0.2, 0) is 4.74 Å². The number of rotatable bonds is 5. The second-order valence-electron chi connectivity index (χ2n) is 2.49. The molecule has 72 valence electrons. The molecule has 0 bridgehead atoms. The fraction of sp³-hybridized carbons (Fsp3) is 0.444. The van der Waals surface area contributed by atoms with Crippen molar-refractivity contribution >= 4 is 5.82 Å². The normalized spacial score (nSPS) is 10.0. The van der Waals surface area contributed by atoms with Gasteiger partial charge in [-0.25, -0.2) is 9.37 Å². The quantitative estimate of drug-likeness (QED) is 0.707. The van der Waals surface area contributed by atoms with Crippen LogP contribution in [0.3, 0.4) is 0 Å². The summed E-state index contributed by atoms with van der Waals surface area (Å²) in [4.78, 5) is 3.83. The molecule has 1 aromatic rings. The number of hydrogen-bond donors (Lipinski definition) is 1. The summed E-state index contributed by atoms with van der Waals surface area (Å²) >= 11 is 0. The predicted octanol–water partition coefficient (Wildman–Crippen LogP) is 1.67. The van der Waals surface area contributed by atoms with Gasteiger partial charge >= 0.3 is 0 Å². The lowest BCUT2D eigenvalue weighted by molar-refractivity contribution is 0.158. The Balaban J connectivity index is 2.25. The number of hydrogen-bond acceptors (Lipinski definition) is 3. The van der Waals surface area contributed by atoms with Gasteiger partial charge in [0.1, 0.15) is 11.6 Å². The van der Waals surface area contributed by atoms with E-state index in [2.05, 4.69) is 10.3 Å². The largest absolute Gasteiger partial charge is 0.380 e. The van der Waals surface area contributed by atoms with E-state index in [4.69, 9.17) is 4.74 Å². The Morgan fingerprint density at radius 1 is 1.54 bits per heavy atom. The first-order valence-electron chi connectivity index (χ1n) is 4.26. The Hall–Kier alpha value is -1.16. The summed E-state index contributed by atoms with van der Waals surface area (Å²) in [5.74, 6) is 0.344. The molecule has 1 N–H and O–H groups in total. The molecule has 0 atom stereocenters. The number of nitrogens with zero attached hydrogens (tertiary/aromatic N) is 1. The molecule has 0 radical (unpaired) electrons. The molecule has 0 fully saturated rings. The average molecular weight is 184 g/mol. The first kappa shape index (κ1) is 9.92. The van der Waals surface area contributed by atoms with Gasteiger partial charge in [0, 0.05) is 13.2 Å². The van der Waals surface area contributed by atoms with Gasteiger partial charge in [0.25, 0.3) is 0 Å². The summed E-state index contributed by atoms with van der Waals surface area (Å²) in [7, 11) is 0. The highest BCUT2D eigenvalue weighted by Crippen LogP contribution is 2.02. The van der Waals surface area contributed by atoms with Gasteiger partial charge in [-0.05, 0) is 19.1 Å². The second-order valence-corrected chi connectivity index (χ2v) is 2.49. The number of ether oxygens (including phenoxy) is 1. The van der Waals surface area contributed by atoms with Crippen LogP contribution in [0.25, 0.3) is 0 Å². The van der Waals surface area contributed by atoms with Crippen molar-refractivity contribution in [1.82, 2.24) is 4.98 Å². The van der Waals surface area contributed by atoms with Gasteiger partial charge in [0.2, 0.25) is 0 Å². The number of nitrogens with one attached hydrogen (secondary N) is 1.